The van der Waals surface area contributed by atoms with Gasteiger partial charge in [-0.1, -0.05) is 18.2 Å². The Hall–Kier alpha value is -1.44. The Morgan fingerprint density at radius 1 is 1.55 bits per heavy atom. The highest BCUT2D eigenvalue weighted by Gasteiger charge is 2.46. The van der Waals surface area contributed by atoms with Crippen molar-refractivity contribution in [3.63, 3.8) is 0 Å². The molecule has 3 aliphatic rings. The second-order valence-electron chi connectivity index (χ2n) is 6.76. The van der Waals surface area contributed by atoms with E-state index in [0.717, 1.165) is 25.2 Å². The molecule has 0 saturated heterocycles. The third-order valence-electron chi connectivity index (χ3n) is 5.27. The highest BCUT2D eigenvalue weighted by Crippen LogP contribution is 2.57. The van der Waals surface area contributed by atoms with Crippen molar-refractivity contribution < 1.29 is 9.84 Å². The maximum atomic E-state index is 9.89. The average Bonchev–Trinajstić information content (AvgIpc) is 3.02. The Kier molecular flexibility index (Phi) is 3.27. The van der Waals surface area contributed by atoms with E-state index in [2.05, 4.69) is 24.8 Å². The summed E-state index contributed by atoms with van der Waals surface area (Å²) in [5.41, 5.74) is 0.409. The quantitative estimate of drug-likeness (QED) is 0.737. The normalized spacial score (nSPS) is 38.5. The lowest BCUT2D eigenvalue weighted by Crippen LogP contribution is -2.29. The van der Waals surface area contributed by atoms with Gasteiger partial charge in [0.2, 0.25) is 0 Å². The molecule has 0 heterocycles. The van der Waals surface area contributed by atoms with E-state index < -0.39 is 0 Å². The maximum absolute atomic E-state index is 9.89. The third kappa shape index (κ3) is 2.21. The minimum Gasteiger partial charge on any atom is -0.504 e. The minimum atomic E-state index is 0.0445. The molecule has 0 aromatic rings. The first kappa shape index (κ1) is 13.5. The summed E-state index contributed by atoms with van der Waals surface area (Å²) in [4.78, 5) is 0. The van der Waals surface area contributed by atoms with E-state index in [9.17, 15) is 5.11 Å². The highest BCUT2D eigenvalue weighted by atomic mass is 16.5. The van der Waals surface area contributed by atoms with Crippen LogP contribution < -0.4 is 0 Å². The van der Waals surface area contributed by atoms with Gasteiger partial charge in [0.05, 0.1) is 7.11 Å². The van der Waals surface area contributed by atoms with Crippen molar-refractivity contribution in [3.8, 4) is 0 Å². The summed E-state index contributed by atoms with van der Waals surface area (Å²) in [5.74, 6) is 1.69. The Bertz CT molecular complexity index is 500. The zero-order chi connectivity index (χ0) is 14.2. The zero-order valence-electron chi connectivity index (χ0n) is 12.3. The summed E-state index contributed by atoms with van der Waals surface area (Å²) in [6, 6.07) is 0. The molecule has 2 heteroatoms. The molecule has 0 amide bonds. The van der Waals surface area contributed by atoms with Gasteiger partial charge in [0.15, 0.2) is 11.5 Å². The number of rotatable bonds is 5. The standard InChI is InChI=1S/C18H24O2/c1-3-7-17(10-6-15(19)16(12-17)20-2)13-18-8-4-14(11-18)5-9-18/h3-4,6,8,12,14,19H,1,5,7,9-11,13H2,2H3. The monoisotopic (exact) mass is 272 g/mol. The second kappa shape index (κ2) is 4.83. The van der Waals surface area contributed by atoms with Gasteiger partial charge in [-0.05, 0) is 62.0 Å². The van der Waals surface area contributed by atoms with Crippen molar-refractivity contribution in [2.75, 3.05) is 7.11 Å². The largest absolute Gasteiger partial charge is 0.504 e. The molecule has 3 aliphatic carbocycles. The van der Waals surface area contributed by atoms with Crippen molar-refractivity contribution in [2.24, 2.45) is 16.7 Å². The second-order valence-corrected chi connectivity index (χ2v) is 6.76. The number of hydrogen-bond acceptors (Lipinski definition) is 2. The molecular weight excluding hydrogens is 248 g/mol. The highest BCUT2D eigenvalue weighted by molar-refractivity contribution is 5.30. The first-order chi connectivity index (χ1) is 9.60. The molecule has 1 saturated carbocycles. The van der Waals surface area contributed by atoms with Crippen LogP contribution in [-0.4, -0.2) is 12.2 Å². The van der Waals surface area contributed by atoms with Gasteiger partial charge in [-0.3, -0.25) is 0 Å². The summed E-state index contributed by atoms with van der Waals surface area (Å²) in [7, 11) is 1.62. The van der Waals surface area contributed by atoms with Crippen LogP contribution in [0.4, 0.5) is 0 Å². The molecule has 3 atom stereocenters. The van der Waals surface area contributed by atoms with Gasteiger partial charge in [0, 0.05) is 5.41 Å². The molecule has 0 radical (unpaired) electrons. The smallest absolute Gasteiger partial charge is 0.156 e. The molecule has 1 N–H and O–H groups in total. The SMILES string of the molecule is C=CCC1(CC23C=CC(CC2)C3)C=C(OC)C(O)=CC1. The number of allylic oxidation sites excluding steroid dienone is 5. The predicted octanol–water partition coefficient (Wildman–Crippen LogP) is 4.67. The van der Waals surface area contributed by atoms with Crippen LogP contribution in [-0.2, 0) is 4.74 Å². The lowest BCUT2D eigenvalue weighted by molar-refractivity contribution is 0.191. The molecule has 0 aromatic carbocycles. The number of aliphatic hydroxyl groups excluding tert-OH is 1. The number of aliphatic hydroxyl groups is 1. The van der Waals surface area contributed by atoms with Crippen molar-refractivity contribution >= 4 is 0 Å². The molecule has 2 nitrogen and oxygen atoms in total. The molecule has 0 aliphatic heterocycles. The fraction of sp³-hybridized carbons (Fsp3) is 0.556. The molecule has 0 spiro atoms. The number of methoxy groups -OCH3 is 1. The molecule has 2 bridgehead atoms. The maximum Gasteiger partial charge on any atom is 0.156 e. The minimum absolute atomic E-state index is 0.0445. The van der Waals surface area contributed by atoms with Gasteiger partial charge in [-0.25, -0.2) is 0 Å². The van der Waals surface area contributed by atoms with Crippen LogP contribution in [0.3, 0.4) is 0 Å². The van der Waals surface area contributed by atoms with Crippen molar-refractivity contribution in [1.82, 2.24) is 0 Å². The summed E-state index contributed by atoms with van der Waals surface area (Å²) >= 11 is 0. The lowest BCUT2D eigenvalue weighted by Gasteiger charge is -2.39. The van der Waals surface area contributed by atoms with Crippen LogP contribution in [0.2, 0.25) is 0 Å². The van der Waals surface area contributed by atoms with Crippen molar-refractivity contribution in [2.45, 2.75) is 38.5 Å². The molecule has 0 aromatic heterocycles. The molecule has 20 heavy (non-hydrogen) atoms. The van der Waals surface area contributed by atoms with Gasteiger partial charge in [0.1, 0.15) is 0 Å². The number of ether oxygens (including phenoxy) is 1. The fourth-order valence-electron chi connectivity index (χ4n) is 4.38. The summed E-state index contributed by atoms with van der Waals surface area (Å²) < 4.78 is 5.34. The summed E-state index contributed by atoms with van der Waals surface area (Å²) in [6.07, 6.45) is 17.8. The van der Waals surface area contributed by atoms with Crippen molar-refractivity contribution in [1.29, 1.82) is 0 Å². The van der Waals surface area contributed by atoms with Crippen LogP contribution in [0.5, 0.6) is 0 Å². The van der Waals surface area contributed by atoms with Crippen LogP contribution in [0.15, 0.2) is 48.5 Å². The van der Waals surface area contributed by atoms with E-state index >= 15 is 0 Å². The van der Waals surface area contributed by atoms with Gasteiger partial charge in [-0.2, -0.15) is 0 Å². The summed E-state index contributed by atoms with van der Waals surface area (Å²) in [5, 5.41) is 9.89. The molecule has 3 rings (SSSR count). The van der Waals surface area contributed by atoms with E-state index in [1.54, 1.807) is 7.11 Å². The van der Waals surface area contributed by atoms with Crippen LogP contribution in [0.25, 0.3) is 0 Å². The van der Waals surface area contributed by atoms with Crippen LogP contribution in [0.1, 0.15) is 38.5 Å². The Morgan fingerprint density at radius 2 is 2.40 bits per heavy atom. The Morgan fingerprint density at radius 3 is 2.95 bits per heavy atom. The van der Waals surface area contributed by atoms with Gasteiger partial charge < -0.3 is 9.84 Å². The fourth-order valence-corrected chi connectivity index (χ4v) is 4.38. The Balaban J connectivity index is 1.88. The number of fused-ring (bicyclic) bond motifs is 2. The van der Waals surface area contributed by atoms with E-state index in [4.69, 9.17) is 4.74 Å². The van der Waals surface area contributed by atoms with Gasteiger partial charge >= 0.3 is 0 Å². The zero-order valence-corrected chi connectivity index (χ0v) is 12.3. The molecular formula is C18H24O2. The van der Waals surface area contributed by atoms with Gasteiger partial charge in [-0.15, -0.1) is 6.58 Å². The first-order valence-electron chi connectivity index (χ1n) is 7.57. The topological polar surface area (TPSA) is 29.5 Å². The predicted molar refractivity (Wildman–Crippen MR) is 81.2 cm³/mol. The molecule has 1 fully saturated rings. The lowest BCUT2D eigenvalue weighted by atomic mass is 9.66. The third-order valence-corrected chi connectivity index (χ3v) is 5.27. The average molecular weight is 272 g/mol. The Labute approximate surface area is 121 Å². The van der Waals surface area contributed by atoms with Gasteiger partial charge in [0.25, 0.3) is 0 Å². The van der Waals surface area contributed by atoms with Crippen LogP contribution >= 0.6 is 0 Å². The van der Waals surface area contributed by atoms with E-state index in [-0.39, 0.29) is 11.2 Å². The van der Waals surface area contributed by atoms with E-state index in [1.807, 2.05) is 12.2 Å². The number of hydrogen-bond donors (Lipinski definition) is 1. The van der Waals surface area contributed by atoms with Crippen molar-refractivity contribution in [3.05, 3.63) is 48.5 Å². The first-order valence-corrected chi connectivity index (χ1v) is 7.57. The molecule has 108 valence electrons. The van der Waals surface area contributed by atoms with E-state index in [1.165, 1.54) is 19.3 Å². The molecule has 3 unspecified atom stereocenters. The van der Waals surface area contributed by atoms with E-state index in [0.29, 0.717) is 11.2 Å². The van der Waals surface area contributed by atoms with Crippen LogP contribution in [0, 0.1) is 16.7 Å². The summed E-state index contributed by atoms with van der Waals surface area (Å²) in [6.45, 7) is 3.93.